The van der Waals surface area contributed by atoms with Crippen LogP contribution in [0.3, 0.4) is 0 Å². The Morgan fingerprint density at radius 1 is 1.38 bits per heavy atom. The molecule has 0 saturated carbocycles. The molecule has 0 aliphatic rings. The van der Waals surface area contributed by atoms with Crippen LogP contribution in [0.25, 0.3) is 0 Å². The molecule has 0 aliphatic carbocycles. The predicted molar refractivity (Wildman–Crippen MR) is 72.0 cm³/mol. The fourth-order valence-corrected chi connectivity index (χ4v) is 3.25. The molecular weight excluding hydrogens is 236 g/mol. The smallest absolute Gasteiger partial charge is 0.103 e. The highest BCUT2D eigenvalue weighted by Gasteiger charge is 2.04. The van der Waals surface area contributed by atoms with Gasteiger partial charge in [0.1, 0.15) is 5.01 Å². The maximum atomic E-state index is 5.87. The summed E-state index contributed by atoms with van der Waals surface area (Å²) in [6.45, 7) is 4.08. The second kappa shape index (κ2) is 4.89. The van der Waals surface area contributed by atoms with Gasteiger partial charge in [-0.05, 0) is 31.5 Å². The zero-order valence-corrected chi connectivity index (χ0v) is 11.0. The van der Waals surface area contributed by atoms with Crippen LogP contribution < -0.4 is 5.73 Å². The van der Waals surface area contributed by atoms with Crippen molar-refractivity contribution in [2.24, 2.45) is 0 Å². The lowest BCUT2D eigenvalue weighted by atomic mass is 10.2. The second-order valence-electron chi connectivity index (χ2n) is 3.64. The van der Waals surface area contributed by atoms with E-state index in [4.69, 9.17) is 5.73 Å². The van der Waals surface area contributed by atoms with E-state index in [1.165, 1.54) is 15.5 Å². The van der Waals surface area contributed by atoms with E-state index in [0.717, 1.165) is 17.1 Å². The lowest BCUT2D eigenvalue weighted by Crippen LogP contribution is -1.91. The highest BCUT2D eigenvalue weighted by atomic mass is 32.2. The molecule has 16 heavy (non-hydrogen) atoms. The van der Waals surface area contributed by atoms with Crippen LogP contribution in [0.5, 0.6) is 0 Å². The zero-order chi connectivity index (χ0) is 11.5. The van der Waals surface area contributed by atoms with Gasteiger partial charge < -0.3 is 5.73 Å². The van der Waals surface area contributed by atoms with Crippen LogP contribution in [0.2, 0.25) is 0 Å². The summed E-state index contributed by atoms with van der Waals surface area (Å²) in [5.74, 6) is 0.919. The minimum absolute atomic E-state index is 0.861. The maximum absolute atomic E-state index is 5.87. The van der Waals surface area contributed by atoms with Crippen molar-refractivity contribution in [3.63, 3.8) is 0 Å². The standard InChI is InChI=1S/C12H14N2S2/c1-8-6-16-12(14-8)7-15-11-5-3-4-10(13)9(11)2/h3-6H,7,13H2,1-2H3. The van der Waals surface area contributed by atoms with Gasteiger partial charge in [0, 0.05) is 21.7 Å². The summed E-state index contributed by atoms with van der Waals surface area (Å²) in [6.07, 6.45) is 0. The Kier molecular flexibility index (Phi) is 3.51. The summed E-state index contributed by atoms with van der Waals surface area (Å²) >= 11 is 3.51. The van der Waals surface area contributed by atoms with Crippen LogP contribution in [-0.2, 0) is 5.75 Å². The average molecular weight is 250 g/mol. The maximum Gasteiger partial charge on any atom is 0.103 e. The van der Waals surface area contributed by atoms with E-state index in [-0.39, 0.29) is 0 Å². The Bertz CT molecular complexity index is 492. The molecule has 2 nitrogen and oxygen atoms in total. The third kappa shape index (κ3) is 2.57. The topological polar surface area (TPSA) is 38.9 Å². The summed E-state index contributed by atoms with van der Waals surface area (Å²) in [7, 11) is 0. The molecule has 1 aromatic carbocycles. The fraction of sp³-hybridized carbons (Fsp3) is 0.250. The molecule has 0 atom stereocenters. The van der Waals surface area contributed by atoms with Gasteiger partial charge in [-0.2, -0.15) is 0 Å². The Morgan fingerprint density at radius 3 is 2.88 bits per heavy atom. The summed E-state index contributed by atoms with van der Waals surface area (Å²) in [6, 6.07) is 6.04. The zero-order valence-electron chi connectivity index (χ0n) is 9.36. The van der Waals surface area contributed by atoms with E-state index in [1.54, 1.807) is 23.1 Å². The number of nitrogens with zero attached hydrogens (tertiary/aromatic N) is 1. The highest BCUT2D eigenvalue weighted by molar-refractivity contribution is 7.98. The Balaban J connectivity index is 2.07. The number of rotatable bonds is 3. The van der Waals surface area contributed by atoms with Gasteiger partial charge in [-0.15, -0.1) is 23.1 Å². The quantitative estimate of drug-likeness (QED) is 0.668. The van der Waals surface area contributed by atoms with Crippen LogP contribution >= 0.6 is 23.1 Å². The molecule has 2 rings (SSSR count). The van der Waals surface area contributed by atoms with Gasteiger partial charge >= 0.3 is 0 Å². The van der Waals surface area contributed by atoms with E-state index in [0.29, 0.717) is 0 Å². The Labute approximate surface area is 104 Å². The van der Waals surface area contributed by atoms with Gasteiger partial charge in [-0.3, -0.25) is 0 Å². The van der Waals surface area contributed by atoms with E-state index in [9.17, 15) is 0 Å². The summed E-state index contributed by atoms with van der Waals surface area (Å²) < 4.78 is 0. The summed E-state index contributed by atoms with van der Waals surface area (Å²) in [5, 5.41) is 3.26. The third-order valence-corrected chi connectivity index (χ3v) is 4.66. The fourth-order valence-electron chi connectivity index (χ4n) is 1.40. The van der Waals surface area contributed by atoms with Crippen molar-refractivity contribution in [2.45, 2.75) is 24.5 Å². The molecule has 1 heterocycles. The number of nitrogens with two attached hydrogens (primary N) is 1. The number of thiazole rings is 1. The molecule has 0 aliphatic heterocycles. The molecule has 2 N–H and O–H groups in total. The number of aryl methyl sites for hydroxylation is 1. The van der Waals surface area contributed by atoms with Gasteiger partial charge in [0.05, 0.1) is 5.75 Å². The molecule has 0 fully saturated rings. The molecule has 0 unspecified atom stereocenters. The van der Waals surface area contributed by atoms with Gasteiger partial charge in [0.15, 0.2) is 0 Å². The van der Waals surface area contributed by atoms with E-state index in [1.807, 2.05) is 19.1 Å². The van der Waals surface area contributed by atoms with Crippen molar-refractivity contribution in [1.29, 1.82) is 0 Å². The van der Waals surface area contributed by atoms with Gasteiger partial charge in [-0.25, -0.2) is 4.98 Å². The lowest BCUT2D eigenvalue weighted by molar-refractivity contribution is 1.18. The molecule has 0 amide bonds. The largest absolute Gasteiger partial charge is 0.398 e. The number of anilines is 1. The number of thioether (sulfide) groups is 1. The van der Waals surface area contributed by atoms with E-state index >= 15 is 0 Å². The van der Waals surface area contributed by atoms with Crippen LogP contribution in [0.1, 0.15) is 16.3 Å². The number of aromatic nitrogens is 1. The number of hydrogen-bond acceptors (Lipinski definition) is 4. The predicted octanol–water partition coefficient (Wildman–Crippen LogP) is 3.63. The monoisotopic (exact) mass is 250 g/mol. The van der Waals surface area contributed by atoms with Gasteiger partial charge in [0.2, 0.25) is 0 Å². The van der Waals surface area contributed by atoms with Crippen molar-refractivity contribution in [3.05, 3.63) is 39.8 Å². The third-order valence-electron chi connectivity index (χ3n) is 2.34. The van der Waals surface area contributed by atoms with E-state index < -0.39 is 0 Å². The molecule has 0 spiro atoms. The van der Waals surface area contributed by atoms with Crippen LogP contribution in [0.15, 0.2) is 28.5 Å². The minimum Gasteiger partial charge on any atom is -0.398 e. The van der Waals surface area contributed by atoms with Crippen LogP contribution in [0.4, 0.5) is 5.69 Å². The summed E-state index contributed by atoms with van der Waals surface area (Å²) in [4.78, 5) is 5.69. The van der Waals surface area contributed by atoms with Gasteiger partial charge in [-0.1, -0.05) is 6.07 Å². The first-order valence-electron chi connectivity index (χ1n) is 5.05. The van der Waals surface area contributed by atoms with Crippen molar-refractivity contribution >= 4 is 28.8 Å². The van der Waals surface area contributed by atoms with Crippen molar-refractivity contribution < 1.29 is 0 Å². The molecule has 4 heteroatoms. The van der Waals surface area contributed by atoms with Crippen LogP contribution in [-0.4, -0.2) is 4.98 Å². The molecule has 0 radical (unpaired) electrons. The molecular formula is C12H14N2S2. The molecule has 1 aromatic heterocycles. The lowest BCUT2D eigenvalue weighted by Gasteiger charge is -2.06. The highest BCUT2D eigenvalue weighted by Crippen LogP contribution is 2.29. The normalized spacial score (nSPS) is 10.6. The van der Waals surface area contributed by atoms with E-state index in [2.05, 4.69) is 23.4 Å². The summed E-state index contributed by atoms with van der Waals surface area (Å²) in [5.41, 5.74) is 9.00. The second-order valence-corrected chi connectivity index (χ2v) is 5.60. The molecule has 84 valence electrons. The minimum atomic E-state index is 0.861. The van der Waals surface area contributed by atoms with Crippen molar-refractivity contribution in [2.75, 3.05) is 5.73 Å². The Morgan fingerprint density at radius 2 is 2.19 bits per heavy atom. The Hall–Kier alpha value is -1.00. The first kappa shape index (κ1) is 11.5. The number of nitrogen functional groups attached to an aromatic ring is 1. The average Bonchev–Trinajstić information content (AvgIpc) is 2.67. The van der Waals surface area contributed by atoms with Crippen molar-refractivity contribution in [1.82, 2.24) is 4.98 Å². The van der Waals surface area contributed by atoms with Gasteiger partial charge in [0.25, 0.3) is 0 Å². The van der Waals surface area contributed by atoms with Crippen molar-refractivity contribution in [3.8, 4) is 0 Å². The SMILES string of the molecule is Cc1csc(CSc2cccc(N)c2C)n1. The van der Waals surface area contributed by atoms with Crippen LogP contribution in [0, 0.1) is 13.8 Å². The molecule has 2 aromatic rings. The molecule has 0 saturated heterocycles. The number of benzene rings is 1. The molecule has 0 bridgehead atoms. The first-order valence-corrected chi connectivity index (χ1v) is 6.92. The first-order chi connectivity index (χ1) is 7.66. The number of hydrogen-bond donors (Lipinski definition) is 1.